The summed E-state index contributed by atoms with van der Waals surface area (Å²) in [6.07, 6.45) is -0.338. The molecule has 0 aromatic heterocycles. The van der Waals surface area contributed by atoms with E-state index in [2.05, 4.69) is 21.2 Å². The molecule has 0 unspecified atom stereocenters. The minimum atomic E-state index is -0.735. The van der Waals surface area contributed by atoms with Crippen LogP contribution in [0.25, 0.3) is 0 Å². The van der Waals surface area contributed by atoms with Crippen molar-refractivity contribution in [2.24, 2.45) is 0 Å². The number of nitrogens with one attached hydrogen (secondary N) is 1. The predicted octanol–water partition coefficient (Wildman–Crippen LogP) is 3.97. The lowest BCUT2D eigenvalue weighted by Gasteiger charge is -2.08. The summed E-state index contributed by atoms with van der Waals surface area (Å²) in [5, 5.41) is 2.72. The van der Waals surface area contributed by atoms with Crippen molar-refractivity contribution in [2.75, 3.05) is 11.9 Å². The van der Waals surface area contributed by atoms with Crippen LogP contribution < -0.4 is 5.32 Å². The van der Waals surface area contributed by atoms with Crippen LogP contribution in [0.3, 0.4) is 0 Å². The number of rotatable bonds is 5. The molecule has 0 fully saturated rings. The van der Waals surface area contributed by atoms with Crippen molar-refractivity contribution in [3.8, 4) is 0 Å². The molecule has 0 saturated heterocycles. The smallest absolute Gasteiger partial charge is 0.310 e. The molecule has 4 nitrogen and oxygen atoms in total. The summed E-state index contributed by atoms with van der Waals surface area (Å²) in [5.41, 5.74) is 0.615. The van der Waals surface area contributed by atoms with E-state index in [1.807, 2.05) is 6.07 Å². The molecule has 0 aliphatic carbocycles. The average molecular weight is 401 g/mol. The standard InChI is InChI=1S/C16H12BrClFNO3/c17-10-3-1-4-11(7-10)20-15(21)9-23-16(22)8-12-13(18)5-2-6-14(12)19/h1-7H,8-9H2,(H,20,21). The molecule has 2 aromatic carbocycles. The Morgan fingerprint density at radius 3 is 2.65 bits per heavy atom. The van der Waals surface area contributed by atoms with Gasteiger partial charge in [-0.3, -0.25) is 9.59 Å². The summed E-state index contributed by atoms with van der Waals surface area (Å²) < 4.78 is 19.2. The highest BCUT2D eigenvalue weighted by Crippen LogP contribution is 2.20. The lowest BCUT2D eigenvalue weighted by atomic mass is 10.1. The third kappa shape index (κ3) is 5.33. The molecular formula is C16H12BrClFNO3. The molecule has 0 atom stereocenters. The molecule has 0 aliphatic rings. The highest BCUT2D eigenvalue weighted by molar-refractivity contribution is 9.10. The molecule has 2 rings (SSSR count). The van der Waals surface area contributed by atoms with Gasteiger partial charge in [0.1, 0.15) is 5.82 Å². The van der Waals surface area contributed by atoms with Gasteiger partial charge in [-0.15, -0.1) is 0 Å². The molecule has 7 heteroatoms. The lowest BCUT2D eigenvalue weighted by molar-refractivity contribution is -0.146. The van der Waals surface area contributed by atoms with Crippen molar-refractivity contribution >= 4 is 45.1 Å². The van der Waals surface area contributed by atoms with Crippen molar-refractivity contribution in [1.29, 1.82) is 0 Å². The molecule has 0 heterocycles. The Morgan fingerprint density at radius 1 is 1.22 bits per heavy atom. The van der Waals surface area contributed by atoms with Crippen LogP contribution in [0.5, 0.6) is 0 Å². The monoisotopic (exact) mass is 399 g/mol. The van der Waals surface area contributed by atoms with Crippen molar-refractivity contribution in [1.82, 2.24) is 0 Å². The Morgan fingerprint density at radius 2 is 1.96 bits per heavy atom. The molecule has 0 radical (unpaired) electrons. The van der Waals surface area contributed by atoms with Gasteiger partial charge in [0.25, 0.3) is 5.91 Å². The van der Waals surface area contributed by atoms with Gasteiger partial charge >= 0.3 is 5.97 Å². The predicted molar refractivity (Wildman–Crippen MR) is 88.8 cm³/mol. The van der Waals surface area contributed by atoms with Crippen LogP contribution in [-0.2, 0) is 20.7 Å². The van der Waals surface area contributed by atoms with Crippen molar-refractivity contribution < 1.29 is 18.7 Å². The quantitative estimate of drug-likeness (QED) is 0.773. The van der Waals surface area contributed by atoms with E-state index in [9.17, 15) is 14.0 Å². The second-order valence-corrected chi connectivity index (χ2v) is 5.92. The van der Waals surface area contributed by atoms with E-state index in [1.165, 1.54) is 18.2 Å². The van der Waals surface area contributed by atoms with Crippen LogP contribution in [0.2, 0.25) is 5.02 Å². The molecule has 120 valence electrons. The van der Waals surface area contributed by atoms with Crippen molar-refractivity contribution in [3.05, 3.63) is 63.3 Å². The summed E-state index contributed by atoms with van der Waals surface area (Å²) in [6.45, 7) is -0.461. The third-order valence-electron chi connectivity index (χ3n) is 2.86. The fourth-order valence-electron chi connectivity index (χ4n) is 1.81. The van der Waals surface area contributed by atoms with Gasteiger partial charge in [-0.1, -0.05) is 39.7 Å². The van der Waals surface area contributed by atoms with Gasteiger partial charge in [0.2, 0.25) is 0 Å². The maximum atomic E-state index is 13.6. The minimum Gasteiger partial charge on any atom is -0.455 e. The summed E-state index contributed by atoms with van der Waals surface area (Å²) in [7, 11) is 0. The van der Waals surface area contributed by atoms with Gasteiger partial charge in [0.15, 0.2) is 6.61 Å². The van der Waals surface area contributed by atoms with Crippen LogP contribution in [-0.4, -0.2) is 18.5 Å². The van der Waals surface area contributed by atoms with Gasteiger partial charge in [-0.25, -0.2) is 4.39 Å². The van der Waals surface area contributed by atoms with Gasteiger partial charge in [0.05, 0.1) is 6.42 Å². The normalized spacial score (nSPS) is 10.2. The Hall–Kier alpha value is -1.92. The number of halogens is 3. The molecule has 23 heavy (non-hydrogen) atoms. The molecule has 2 aromatic rings. The van der Waals surface area contributed by atoms with Crippen molar-refractivity contribution in [3.63, 3.8) is 0 Å². The van der Waals surface area contributed by atoms with Gasteiger partial charge < -0.3 is 10.1 Å². The van der Waals surface area contributed by atoms with E-state index in [1.54, 1.807) is 18.2 Å². The van der Waals surface area contributed by atoms with Crippen LogP contribution in [0, 0.1) is 5.82 Å². The topological polar surface area (TPSA) is 55.4 Å². The van der Waals surface area contributed by atoms with Gasteiger partial charge in [0, 0.05) is 20.7 Å². The Kier molecular flexibility index (Phi) is 6.12. The Balaban J connectivity index is 1.85. The van der Waals surface area contributed by atoms with E-state index < -0.39 is 24.3 Å². The molecule has 1 amide bonds. The fourth-order valence-corrected chi connectivity index (χ4v) is 2.43. The van der Waals surface area contributed by atoms with E-state index in [-0.39, 0.29) is 17.0 Å². The van der Waals surface area contributed by atoms with Crippen molar-refractivity contribution in [2.45, 2.75) is 6.42 Å². The first-order valence-corrected chi connectivity index (χ1v) is 7.77. The zero-order valence-electron chi connectivity index (χ0n) is 11.8. The minimum absolute atomic E-state index is 0.0477. The van der Waals surface area contributed by atoms with Gasteiger partial charge in [-0.05, 0) is 30.3 Å². The number of ether oxygens (including phenoxy) is 1. The first kappa shape index (κ1) is 17.4. The summed E-state index contributed by atoms with van der Waals surface area (Å²) in [6, 6.07) is 11.1. The van der Waals surface area contributed by atoms with E-state index in [0.29, 0.717) is 5.69 Å². The number of hydrogen-bond acceptors (Lipinski definition) is 3. The summed E-state index contributed by atoms with van der Waals surface area (Å²) in [4.78, 5) is 23.4. The van der Waals surface area contributed by atoms with Gasteiger partial charge in [-0.2, -0.15) is 0 Å². The molecular weight excluding hydrogens is 389 g/mol. The molecule has 0 aliphatic heterocycles. The maximum Gasteiger partial charge on any atom is 0.310 e. The second-order valence-electron chi connectivity index (χ2n) is 4.60. The number of hydrogen-bond donors (Lipinski definition) is 1. The van der Waals surface area contributed by atoms with Crippen LogP contribution in [0.4, 0.5) is 10.1 Å². The summed E-state index contributed by atoms with van der Waals surface area (Å²) in [5.74, 6) is -1.81. The van der Waals surface area contributed by atoms with Crippen LogP contribution in [0.1, 0.15) is 5.56 Å². The number of benzene rings is 2. The molecule has 1 N–H and O–H groups in total. The van der Waals surface area contributed by atoms with Crippen LogP contribution in [0.15, 0.2) is 46.9 Å². The number of carbonyl (C=O) groups excluding carboxylic acids is 2. The highest BCUT2D eigenvalue weighted by atomic mass is 79.9. The highest BCUT2D eigenvalue weighted by Gasteiger charge is 2.14. The lowest BCUT2D eigenvalue weighted by Crippen LogP contribution is -2.21. The number of esters is 1. The second kappa shape index (κ2) is 8.08. The number of carbonyl (C=O) groups is 2. The van der Waals surface area contributed by atoms with E-state index in [4.69, 9.17) is 16.3 Å². The zero-order chi connectivity index (χ0) is 16.8. The fraction of sp³-hybridized carbons (Fsp3) is 0.125. The third-order valence-corrected chi connectivity index (χ3v) is 3.70. The van der Waals surface area contributed by atoms with E-state index >= 15 is 0 Å². The molecule has 0 spiro atoms. The zero-order valence-corrected chi connectivity index (χ0v) is 14.2. The largest absolute Gasteiger partial charge is 0.455 e. The summed E-state index contributed by atoms with van der Waals surface area (Å²) >= 11 is 9.11. The number of amides is 1. The van der Waals surface area contributed by atoms with E-state index in [0.717, 1.165) is 4.47 Å². The Labute approximate surface area is 145 Å². The Bertz CT molecular complexity index is 719. The first-order chi connectivity index (χ1) is 11.0. The number of anilines is 1. The average Bonchev–Trinajstić information content (AvgIpc) is 2.49. The molecule has 0 bridgehead atoms. The maximum absolute atomic E-state index is 13.6. The SMILES string of the molecule is O=C(COC(=O)Cc1c(F)cccc1Cl)Nc1cccc(Br)c1. The van der Waals surface area contributed by atoms with Crippen LogP contribution >= 0.6 is 27.5 Å². The first-order valence-electron chi connectivity index (χ1n) is 6.59. The molecule has 0 saturated carbocycles.